The van der Waals surface area contributed by atoms with Crippen LogP contribution in [0.1, 0.15) is 35.4 Å². The summed E-state index contributed by atoms with van der Waals surface area (Å²) in [6, 6.07) is 6.83. The van der Waals surface area contributed by atoms with Gasteiger partial charge in [-0.15, -0.1) is 0 Å². The van der Waals surface area contributed by atoms with Gasteiger partial charge in [-0.2, -0.15) is 0 Å². The zero-order valence-corrected chi connectivity index (χ0v) is 15.5. The number of amides is 2. The molecule has 1 aromatic heterocycles. The highest BCUT2D eigenvalue weighted by Crippen LogP contribution is 2.37. The van der Waals surface area contributed by atoms with E-state index >= 15 is 0 Å². The van der Waals surface area contributed by atoms with Crippen LogP contribution < -0.4 is 20.1 Å². The normalized spacial score (nSPS) is 12.9. The Kier molecular flexibility index (Phi) is 6.59. The van der Waals surface area contributed by atoms with E-state index in [9.17, 15) is 9.59 Å². The number of furan rings is 1. The fraction of sp³-hybridized carbons (Fsp3) is 0.368. The van der Waals surface area contributed by atoms with E-state index in [-0.39, 0.29) is 17.6 Å². The quantitative estimate of drug-likeness (QED) is 0.707. The van der Waals surface area contributed by atoms with Crippen molar-refractivity contribution in [3.05, 3.63) is 46.9 Å². The summed E-state index contributed by atoms with van der Waals surface area (Å²) >= 11 is 6.24. The van der Waals surface area contributed by atoms with E-state index in [0.29, 0.717) is 55.7 Å². The molecule has 0 saturated heterocycles. The number of benzene rings is 1. The highest BCUT2D eigenvalue weighted by Gasteiger charge is 2.16. The van der Waals surface area contributed by atoms with Crippen LogP contribution in [-0.2, 0) is 11.3 Å². The number of carbonyl (C=O) groups is 2. The van der Waals surface area contributed by atoms with E-state index in [0.717, 1.165) is 12.0 Å². The zero-order chi connectivity index (χ0) is 19.1. The van der Waals surface area contributed by atoms with E-state index in [4.69, 9.17) is 25.5 Å². The molecule has 1 aromatic carbocycles. The predicted octanol–water partition coefficient (Wildman–Crippen LogP) is 2.92. The highest BCUT2D eigenvalue weighted by atomic mass is 35.5. The third-order valence-corrected chi connectivity index (χ3v) is 4.24. The molecule has 0 unspecified atom stereocenters. The first-order chi connectivity index (χ1) is 13.1. The van der Waals surface area contributed by atoms with Crippen LogP contribution in [0.25, 0.3) is 0 Å². The van der Waals surface area contributed by atoms with Gasteiger partial charge in [0.05, 0.1) is 24.5 Å². The van der Waals surface area contributed by atoms with Crippen molar-refractivity contribution < 1.29 is 23.5 Å². The second-order valence-electron chi connectivity index (χ2n) is 6.07. The molecule has 0 fully saturated rings. The van der Waals surface area contributed by atoms with Gasteiger partial charge in [-0.1, -0.05) is 11.6 Å². The second-order valence-corrected chi connectivity index (χ2v) is 6.48. The van der Waals surface area contributed by atoms with Gasteiger partial charge >= 0.3 is 0 Å². The van der Waals surface area contributed by atoms with Gasteiger partial charge in [0.2, 0.25) is 5.91 Å². The van der Waals surface area contributed by atoms with E-state index in [1.54, 1.807) is 18.2 Å². The largest absolute Gasteiger partial charge is 0.489 e. The standard InChI is InChI=1S/C19H21ClN2O5/c20-14-10-13(11-16-18(14)27-9-3-8-26-16)12-22-17(23)5-1-6-21-19(24)15-4-2-7-25-15/h2,4,7,10-11H,1,3,5-6,8-9,12H2,(H,21,24)(H,22,23). The summed E-state index contributed by atoms with van der Waals surface area (Å²) in [5.41, 5.74) is 0.837. The third kappa shape index (κ3) is 5.40. The van der Waals surface area contributed by atoms with Crippen LogP contribution in [0.15, 0.2) is 34.9 Å². The number of fused-ring (bicyclic) bond motifs is 1. The van der Waals surface area contributed by atoms with Crippen molar-refractivity contribution in [1.29, 1.82) is 0 Å². The van der Waals surface area contributed by atoms with Gasteiger partial charge in [-0.05, 0) is 36.2 Å². The molecule has 0 spiro atoms. The van der Waals surface area contributed by atoms with Crippen molar-refractivity contribution in [3.8, 4) is 11.5 Å². The van der Waals surface area contributed by atoms with E-state index in [1.807, 2.05) is 6.07 Å². The number of halogens is 1. The fourth-order valence-corrected chi connectivity index (χ4v) is 2.91. The molecular weight excluding hydrogens is 372 g/mol. The summed E-state index contributed by atoms with van der Waals surface area (Å²) in [5, 5.41) is 6.01. The monoisotopic (exact) mass is 392 g/mol. The van der Waals surface area contributed by atoms with E-state index in [1.165, 1.54) is 6.26 Å². The number of hydrogen-bond acceptors (Lipinski definition) is 5. The minimum absolute atomic E-state index is 0.106. The summed E-state index contributed by atoms with van der Waals surface area (Å²) in [6.45, 7) is 1.87. The summed E-state index contributed by atoms with van der Waals surface area (Å²) in [5.74, 6) is 1.01. The van der Waals surface area contributed by atoms with Crippen LogP contribution in [0, 0.1) is 0 Å². The lowest BCUT2D eigenvalue weighted by atomic mass is 10.2. The molecule has 2 N–H and O–H groups in total. The first kappa shape index (κ1) is 19.1. The molecule has 0 bridgehead atoms. The SMILES string of the molecule is O=C(CCCNC(=O)c1ccco1)NCc1cc(Cl)c2c(c1)OCCCO2. The number of rotatable bonds is 7. The van der Waals surface area contributed by atoms with Crippen LogP contribution in [0.4, 0.5) is 0 Å². The molecule has 1 aliphatic rings. The maximum Gasteiger partial charge on any atom is 0.286 e. The molecule has 7 nitrogen and oxygen atoms in total. The van der Waals surface area contributed by atoms with E-state index in [2.05, 4.69) is 10.6 Å². The van der Waals surface area contributed by atoms with Gasteiger partial charge in [-0.25, -0.2) is 0 Å². The summed E-state index contributed by atoms with van der Waals surface area (Å²) in [7, 11) is 0. The van der Waals surface area contributed by atoms with Crippen molar-refractivity contribution in [2.24, 2.45) is 0 Å². The Morgan fingerprint density at radius 3 is 2.81 bits per heavy atom. The number of hydrogen-bond donors (Lipinski definition) is 2. The van der Waals surface area contributed by atoms with Gasteiger partial charge in [0.15, 0.2) is 17.3 Å². The predicted molar refractivity (Wildman–Crippen MR) is 99.2 cm³/mol. The molecule has 0 saturated carbocycles. The second kappa shape index (κ2) is 9.32. The molecule has 144 valence electrons. The Bertz CT molecular complexity index is 792. The number of nitrogens with one attached hydrogen (secondary N) is 2. The third-order valence-electron chi connectivity index (χ3n) is 3.96. The minimum Gasteiger partial charge on any atom is -0.489 e. The first-order valence-corrected chi connectivity index (χ1v) is 9.17. The first-order valence-electron chi connectivity index (χ1n) is 8.80. The smallest absolute Gasteiger partial charge is 0.286 e. The molecule has 2 aromatic rings. The topological polar surface area (TPSA) is 89.8 Å². The molecular formula is C19H21ClN2O5. The highest BCUT2D eigenvalue weighted by molar-refractivity contribution is 6.32. The number of ether oxygens (including phenoxy) is 2. The van der Waals surface area contributed by atoms with Gasteiger partial charge in [0.1, 0.15) is 0 Å². The summed E-state index contributed by atoms with van der Waals surface area (Å²) in [6.07, 6.45) is 3.07. The molecule has 0 aliphatic carbocycles. The van der Waals surface area contributed by atoms with Crippen molar-refractivity contribution >= 4 is 23.4 Å². The van der Waals surface area contributed by atoms with Gasteiger partial charge in [0, 0.05) is 25.9 Å². The number of carbonyl (C=O) groups excluding carboxylic acids is 2. The molecule has 2 amide bonds. The van der Waals surface area contributed by atoms with Crippen LogP contribution in [0.5, 0.6) is 11.5 Å². The minimum atomic E-state index is -0.290. The summed E-state index contributed by atoms with van der Waals surface area (Å²) in [4.78, 5) is 23.7. The van der Waals surface area contributed by atoms with Gasteiger partial charge in [0.25, 0.3) is 5.91 Å². The lowest BCUT2D eigenvalue weighted by molar-refractivity contribution is -0.121. The van der Waals surface area contributed by atoms with Crippen LogP contribution in [-0.4, -0.2) is 31.6 Å². The lowest BCUT2D eigenvalue weighted by Crippen LogP contribution is -2.27. The van der Waals surface area contributed by atoms with Crippen LogP contribution in [0.2, 0.25) is 5.02 Å². The maximum atomic E-state index is 12.0. The molecule has 27 heavy (non-hydrogen) atoms. The lowest BCUT2D eigenvalue weighted by Gasteiger charge is -2.12. The molecule has 0 atom stereocenters. The Balaban J connectivity index is 1.41. The zero-order valence-electron chi connectivity index (χ0n) is 14.8. The average Bonchev–Trinajstić information content (AvgIpc) is 3.09. The van der Waals surface area contributed by atoms with Crippen molar-refractivity contribution in [2.45, 2.75) is 25.8 Å². The fourth-order valence-electron chi connectivity index (χ4n) is 2.62. The van der Waals surface area contributed by atoms with Crippen molar-refractivity contribution in [3.63, 3.8) is 0 Å². The van der Waals surface area contributed by atoms with Crippen molar-refractivity contribution in [2.75, 3.05) is 19.8 Å². The van der Waals surface area contributed by atoms with Crippen LogP contribution in [0.3, 0.4) is 0 Å². The Labute approximate surface area is 162 Å². The van der Waals surface area contributed by atoms with Gasteiger partial charge < -0.3 is 24.5 Å². The average molecular weight is 393 g/mol. The Morgan fingerprint density at radius 1 is 1.15 bits per heavy atom. The van der Waals surface area contributed by atoms with Crippen molar-refractivity contribution in [1.82, 2.24) is 10.6 Å². The molecule has 8 heteroatoms. The maximum absolute atomic E-state index is 12.0. The van der Waals surface area contributed by atoms with Crippen LogP contribution >= 0.6 is 11.6 Å². The molecule has 3 rings (SSSR count). The van der Waals surface area contributed by atoms with Gasteiger partial charge in [-0.3, -0.25) is 9.59 Å². The Hall–Kier alpha value is -2.67. The molecule has 0 radical (unpaired) electrons. The molecule has 1 aliphatic heterocycles. The summed E-state index contributed by atoms with van der Waals surface area (Å²) < 4.78 is 16.2. The Morgan fingerprint density at radius 2 is 2.00 bits per heavy atom. The molecule has 2 heterocycles. The van der Waals surface area contributed by atoms with E-state index < -0.39 is 0 Å².